The Labute approximate surface area is 190 Å². The second kappa shape index (κ2) is 8.99. The van der Waals surface area contributed by atoms with Gasteiger partial charge in [0.25, 0.3) is 5.91 Å². The zero-order valence-corrected chi connectivity index (χ0v) is 18.2. The lowest BCUT2D eigenvalue weighted by molar-refractivity contribution is 0.0303. The first-order valence-corrected chi connectivity index (χ1v) is 10.8. The maximum atomic E-state index is 13.3. The molecule has 1 fully saturated rings. The summed E-state index contributed by atoms with van der Waals surface area (Å²) in [5.74, 6) is -0.268. The highest BCUT2D eigenvalue weighted by molar-refractivity contribution is 5.97. The average Bonchev–Trinajstić information content (AvgIpc) is 3.34. The second-order valence-electron chi connectivity index (χ2n) is 8.10. The minimum absolute atomic E-state index is 0.00187. The number of nitrogens with zero attached hydrogens (tertiary/aromatic N) is 4. The predicted molar refractivity (Wildman–Crippen MR) is 122 cm³/mol. The summed E-state index contributed by atoms with van der Waals surface area (Å²) in [5, 5.41) is 8.12. The zero-order valence-electron chi connectivity index (χ0n) is 18.2. The van der Waals surface area contributed by atoms with Crippen LogP contribution in [0.1, 0.15) is 15.9 Å². The molecule has 33 heavy (non-hydrogen) atoms. The van der Waals surface area contributed by atoms with Crippen molar-refractivity contribution in [1.82, 2.24) is 15.2 Å². The van der Waals surface area contributed by atoms with Gasteiger partial charge in [0, 0.05) is 32.2 Å². The van der Waals surface area contributed by atoms with Gasteiger partial charge in [-0.3, -0.25) is 4.79 Å². The molecule has 3 aromatic carbocycles. The van der Waals surface area contributed by atoms with Gasteiger partial charge in [-0.25, -0.2) is 9.02 Å². The number of amides is 1. The number of ether oxygens (including phenoxy) is 1. The van der Waals surface area contributed by atoms with Gasteiger partial charge in [0.15, 0.2) is 5.52 Å². The van der Waals surface area contributed by atoms with Gasteiger partial charge in [-0.05, 0) is 63.4 Å². The quantitative estimate of drug-likeness (QED) is 0.459. The first-order chi connectivity index (χ1) is 16.1. The van der Waals surface area contributed by atoms with Gasteiger partial charge < -0.3 is 14.5 Å². The summed E-state index contributed by atoms with van der Waals surface area (Å²) in [6, 6.07) is 17.9. The van der Waals surface area contributed by atoms with Crippen molar-refractivity contribution in [1.29, 1.82) is 0 Å². The highest BCUT2D eigenvalue weighted by Gasteiger charge is 2.20. The van der Waals surface area contributed by atoms with Crippen molar-refractivity contribution in [2.45, 2.75) is 6.54 Å². The summed E-state index contributed by atoms with van der Waals surface area (Å²) in [5.41, 5.74) is 5.49. The molecule has 0 spiro atoms. The van der Waals surface area contributed by atoms with Crippen molar-refractivity contribution in [3.63, 3.8) is 0 Å². The average molecular weight is 446 g/mol. The minimum atomic E-state index is -0.266. The Morgan fingerprint density at radius 2 is 1.82 bits per heavy atom. The lowest BCUT2D eigenvalue weighted by Gasteiger charge is -2.27. The lowest BCUT2D eigenvalue weighted by atomic mass is 10.0. The van der Waals surface area contributed by atoms with Crippen LogP contribution in [0, 0.1) is 5.82 Å². The van der Waals surface area contributed by atoms with E-state index in [2.05, 4.69) is 10.3 Å². The van der Waals surface area contributed by atoms with E-state index in [4.69, 9.17) is 9.37 Å². The summed E-state index contributed by atoms with van der Waals surface area (Å²) in [7, 11) is 1.94. The fraction of sp³-hybridized carbons (Fsp3) is 0.240. The van der Waals surface area contributed by atoms with E-state index in [1.807, 2.05) is 53.2 Å². The monoisotopic (exact) mass is 446 g/mol. The third-order valence-corrected chi connectivity index (χ3v) is 5.83. The van der Waals surface area contributed by atoms with Crippen molar-refractivity contribution in [2.75, 3.05) is 38.3 Å². The molecule has 0 aliphatic carbocycles. The zero-order chi connectivity index (χ0) is 22.8. The molecular weight excluding hydrogens is 423 g/mol. The van der Waals surface area contributed by atoms with E-state index in [9.17, 15) is 9.18 Å². The molecule has 0 saturated carbocycles. The number of halogens is 1. The fourth-order valence-electron chi connectivity index (χ4n) is 4.06. The van der Waals surface area contributed by atoms with Crippen LogP contribution in [0.4, 0.5) is 10.1 Å². The SMILES string of the molecule is CN(Cc1ccc(F)cc1)c1cc(-c2cccc(C(=O)N3CCOCC3)c2)cc2nonc12. The van der Waals surface area contributed by atoms with Gasteiger partial charge in [-0.15, -0.1) is 0 Å². The first-order valence-electron chi connectivity index (χ1n) is 10.8. The maximum absolute atomic E-state index is 13.3. The van der Waals surface area contributed by atoms with Crippen LogP contribution >= 0.6 is 0 Å². The van der Waals surface area contributed by atoms with Crippen LogP contribution in [0.3, 0.4) is 0 Å². The number of benzene rings is 3. The summed E-state index contributed by atoms with van der Waals surface area (Å²) in [4.78, 5) is 16.8. The van der Waals surface area contributed by atoms with Crippen LogP contribution in [-0.2, 0) is 11.3 Å². The predicted octanol–water partition coefficient (Wildman–Crippen LogP) is 4.14. The molecule has 1 amide bonds. The number of hydrogen-bond donors (Lipinski definition) is 0. The molecule has 0 unspecified atom stereocenters. The fourth-order valence-corrected chi connectivity index (χ4v) is 4.06. The Hall–Kier alpha value is -3.78. The smallest absolute Gasteiger partial charge is 0.254 e. The van der Waals surface area contributed by atoms with Crippen molar-refractivity contribution < 1.29 is 18.6 Å². The summed E-state index contributed by atoms with van der Waals surface area (Å²) in [6.07, 6.45) is 0. The number of anilines is 1. The lowest BCUT2D eigenvalue weighted by Crippen LogP contribution is -2.40. The van der Waals surface area contributed by atoms with Crippen LogP contribution in [0.15, 0.2) is 65.3 Å². The Kier molecular flexibility index (Phi) is 5.75. The van der Waals surface area contributed by atoms with Gasteiger partial charge in [0.2, 0.25) is 0 Å². The normalized spacial score (nSPS) is 13.9. The van der Waals surface area contributed by atoms with Crippen LogP contribution in [0.2, 0.25) is 0 Å². The van der Waals surface area contributed by atoms with E-state index in [0.29, 0.717) is 49.4 Å². The highest BCUT2D eigenvalue weighted by atomic mass is 19.1. The van der Waals surface area contributed by atoms with Crippen LogP contribution in [0.5, 0.6) is 0 Å². The number of morpholine rings is 1. The van der Waals surface area contributed by atoms with E-state index in [-0.39, 0.29) is 11.7 Å². The van der Waals surface area contributed by atoms with Crippen LogP contribution < -0.4 is 4.90 Å². The first kappa shape index (κ1) is 21.1. The largest absolute Gasteiger partial charge is 0.378 e. The van der Waals surface area contributed by atoms with Gasteiger partial charge in [0.1, 0.15) is 11.3 Å². The summed E-state index contributed by atoms with van der Waals surface area (Å²) >= 11 is 0. The van der Waals surface area contributed by atoms with Gasteiger partial charge in [0.05, 0.1) is 18.9 Å². The molecule has 0 atom stereocenters. The van der Waals surface area contributed by atoms with Crippen molar-refractivity contribution in [3.8, 4) is 11.1 Å². The van der Waals surface area contributed by atoms with Crippen LogP contribution in [-0.4, -0.2) is 54.5 Å². The number of aromatic nitrogens is 2. The second-order valence-corrected chi connectivity index (χ2v) is 8.10. The summed E-state index contributed by atoms with van der Waals surface area (Å²) < 4.78 is 23.6. The number of carbonyl (C=O) groups is 1. The van der Waals surface area contributed by atoms with Crippen molar-refractivity contribution >= 4 is 22.6 Å². The molecule has 7 nitrogen and oxygen atoms in total. The van der Waals surface area contributed by atoms with E-state index < -0.39 is 0 Å². The van der Waals surface area contributed by atoms with E-state index in [1.54, 1.807) is 12.1 Å². The van der Waals surface area contributed by atoms with Crippen LogP contribution in [0.25, 0.3) is 22.2 Å². The molecule has 1 aromatic heterocycles. The minimum Gasteiger partial charge on any atom is -0.378 e. The topological polar surface area (TPSA) is 71.7 Å². The molecule has 1 saturated heterocycles. The van der Waals surface area contributed by atoms with E-state index >= 15 is 0 Å². The molecule has 0 N–H and O–H groups in total. The standard InChI is InChI=1S/C25H23FN4O3/c1-29(16-17-5-7-21(26)8-6-17)23-15-20(14-22-24(23)28-33-27-22)18-3-2-4-19(13-18)25(31)30-9-11-32-12-10-30/h2-8,13-15H,9-12,16H2,1H3. The summed E-state index contributed by atoms with van der Waals surface area (Å²) in [6.45, 7) is 2.87. The molecule has 168 valence electrons. The van der Waals surface area contributed by atoms with Crippen molar-refractivity contribution in [3.05, 3.63) is 77.6 Å². The Morgan fingerprint density at radius 3 is 2.61 bits per heavy atom. The Morgan fingerprint density at radius 1 is 1.03 bits per heavy atom. The van der Waals surface area contributed by atoms with E-state index in [0.717, 1.165) is 22.4 Å². The number of fused-ring (bicyclic) bond motifs is 1. The van der Waals surface area contributed by atoms with E-state index in [1.165, 1.54) is 12.1 Å². The highest BCUT2D eigenvalue weighted by Crippen LogP contribution is 2.32. The Balaban J connectivity index is 1.48. The number of carbonyl (C=O) groups excluding carboxylic acids is 1. The third kappa shape index (κ3) is 4.42. The molecule has 0 bridgehead atoms. The molecule has 4 aromatic rings. The molecule has 0 radical (unpaired) electrons. The molecule has 5 rings (SSSR count). The van der Waals surface area contributed by atoms with Gasteiger partial charge >= 0.3 is 0 Å². The molecule has 8 heteroatoms. The number of hydrogen-bond acceptors (Lipinski definition) is 6. The van der Waals surface area contributed by atoms with Gasteiger partial charge in [-0.2, -0.15) is 0 Å². The number of rotatable bonds is 5. The Bertz CT molecular complexity index is 1280. The molecule has 1 aliphatic rings. The molecular formula is C25H23FN4O3. The van der Waals surface area contributed by atoms with Crippen molar-refractivity contribution in [2.24, 2.45) is 0 Å². The molecule has 2 heterocycles. The maximum Gasteiger partial charge on any atom is 0.254 e. The molecule has 1 aliphatic heterocycles. The van der Waals surface area contributed by atoms with Gasteiger partial charge in [-0.1, -0.05) is 24.3 Å². The third-order valence-electron chi connectivity index (χ3n) is 5.83.